The average Bonchev–Trinajstić information content (AvgIpc) is 2.30. The first-order valence-corrected chi connectivity index (χ1v) is 4.53. The summed E-state index contributed by atoms with van der Waals surface area (Å²) in [6.07, 6.45) is 0.987. The maximum atomic E-state index is 11.3. The molecule has 70 valence electrons. The Bertz CT molecular complexity index is 177. The van der Waals surface area contributed by atoms with Gasteiger partial charge in [0.25, 0.3) is 0 Å². The van der Waals surface area contributed by atoms with Crippen LogP contribution in [0.4, 0.5) is 0 Å². The van der Waals surface area contributed by atoms with Gasteiger partial charge in [-0.15, -0.1) is 0 Å². The topological polar surface area (TPSA) is 40.5 Å². The minimum absolute atomic E-state index is 0.0394. The molecule has 0 spiro atoms. The van der Waals surface area contributed by atoms with Gasteiger partial charge in [0, 0.05) is 12.5 Å². The summed E-state index contributed by atoms with van der Waals surface area (Å²) in [5.41, 5.74) is 0. The summed E-state index contributed by atoms with van der Waals surface area (Å²) in [4.78, 5) is 13.1. The lowest BCUT2D eigenvalue weighted by atomic mass is 10.1. The van der Waals surface area contributed by atoms with Gasteiger partial charge in [0.15, 0.2) is 0 Å². The van der Waals surface area contributed by atoms with E-state index in [0.29, 0.717) is 6.42 Å². The number of rotatable bonds is 2. The van der Waals surface area contributed by atoms with Crippen LogP contribution in [0, 0.1) is 0 Å². The molecule has 1 heterocycles. The molecule has 1 saturated heterocycles. The fourth-order valence-electron chi connectivity index (χ4n) is 1.87. The molecule has 3 nitrogen and oxygen atoms in total. The summed E-state index contributed by atoms with van der Waals surface area (Å²) < 4.78 is 0. The number of carbonyl (C=O) groups is 1. The summed E-state index contributed by atoms with van der Waals surface area (Å²) in [5, 5.41) is 9.40. The SMILES string of the molecule is CC(O)C1CCC(=O)N1C(C)C. The molecule has 0 aliphatic carbocycles. The molecule has 2 atom stereocenters. The molecule has 0 aromatic carbocycles. The summed E-state index contributed by atoms with van der Waals surface area (Å²) in [6.45, 7) is 5.72. The van der Waals surface area contributed by atoms with Crippen molar-refractivity contribution in [3.8, 4) is 0 Å². The van der Waals surface area contributed by atoms with Crippen LogP contribution < -0.4 is 0 Å². The van der Waals surface area contributed by atoms with Crippen LogP contribution in [0.1, 0.15) is 33.6 Å². The van der Waals surface area contributed by atoms with E-state index in [2.05, 4.69) is 0 Å². The van der Waals surface area contributed by atoms with Crippen molar-refractivity contribution in [2.24, 2.45) is 0 Å². The van der Waals surface area contributed by atoms with Crippen molar-refractivity contribution in [2.75, 3.05) is 0 Å². The quantitative estimate of drug-likeness (QED) is 0.666. The first-order valence-electron chi connectivity index (χ1n) is 4.53. The second-order valence-corrected chi connectivity index (χ2v) is 3.74. The Kier molecular flexibility index (Phi) is 2.73. The van der Waals surface area contributed by atoms with E-state index >= 15 is 0 Å². The van der Waals surface area contributed by atoms with E-state index in [1.807, 2.05) is 13.8 Å². The molecule has 1 rings (SSSR count). The Morgan fingerprint density at radius 1 is 1.50 bits per heavy atom. The molecule has 3 heteroatoms. The highest BCUT2D eigenvalue weighted by Crippen LogP contribution is 2.23. The second-order valence-electron chi connectivity index (χ2n) is 3.74. The number of nitrogens with zero attached hydrogens (tertiary/aromatic N) is 1. The van der Waals surface area contributed by atoms with Crippen molar-refractivity contribution in [1.82, 2.24) is 4.90 Å². The summed E-state index contributed by atoms with van der Waals surface area (Å²) in [7, 11) is 0. The third-order valence-corrected chi connectivity index (χ3v) is 2.41. The van der Waals surface area contributed by atoms with Crippen LogP contribution in [0.2, 0.25) is 0 Å². The van der Waals surface area contributed by atoms with Gasteiger partial charge in [-0.2, -0.15) is 0 Å². The molecule has 0 aromatic heterocycles. The van der Waals surface area contributed by atoms with Gasteiger partial charge < -0.3 is 10.0 Å². The predicted octanol–water partition coefficient (Wildman–Crippen LogP) is 0.767. The van der Waals surface area contributed by atoms with Crippen LogP contribution in [0.3, 0.4) is 0 Å². The number of likely N-dealkylation sites (tertiary alicyclic amines) is 1. The van der Waals surface area contributed by atoms with E-state index in [-0.39, 0.29) is 18.0 Å². The van der Waals surface area contributed by atoms with Crippen molar-refractivity contribution in [2.45, 2.75) is 51.8 Å². The standard InChI is InChI=1S/C9H17NO2/c1-6(2)10-8(7(3)11)4-5-9(10)12/h6-8,11H,4-5H2,1-3H3. The molecule has 0 radical (unpaired) electrons. The normalized spacial score (nSPS) is 26.9. The van der Waals surface area contributed by atoms with Crippen LogP contribution in [0.15, 0.2) is 0 Å². The van der Waals surface area contributed by atoms with Gasteiger partial charge in [-0.25, -0.2) is 0 Å². The molecule has 2 unspecified atom stereocenters. The number of amides is 1. The maximum absolute atomic E-state index is 11.3. The van der Waals surface area contributed by atoms with E-state index in [1.165, 1.54) is 0 Å². The zero-order valence-electron chi connectivity index (χ0n) is 7.95. The van der Waals surface area contributed by atoms with Crippen LogP contribution in [-0.2, 0) is 4.79 Å². The van der Waals surface area contributed by atoms with Gasteiger partial charge >= 0.3 is 0 Å². The Labute approximate surface area is 73.4 Å². The summed E-state index contributed by atoms with van der Waals surface area (Å²) >= 11 is 0. The number of aliphatic hydroxyl groups excluding tert-OH is 1. The fraction of sp³-hybridized carbons (Fsp3) is 0.889. The van der Waals surface area contributed by atoms with E-state index in [0.717, 1.165) is 6.42 Å². The predicted molar refractivity (Wildman–Crippen MR) is 46.7 cm³/mol. The smallest absolute Gasteiger partial charge is 0.223 e. The fourth-order valence-corrected chi connectivity index (χ4v) is 1.87. The molecule has 1 N–H and O–H groups in total. The van der Waals surface area contributed by atoms with Crippen LogP contribution in [0.25, 0.3) is 0 Å². The monoisotopic (exact) mass is 171 g/mol. The minimum atomic E-state index is -0.404. The highest BCUT2D eigenvalue weighted by atomic mass is 16.3. The van der Waals surface area contributed by atoms with E-state index in [1.54, 1.807) is 11.8 Å². The average molecular weight is 171 g/mol. The maximum Gasteiger partial charge on any atom is 0.223 e. The lowest BCUT2D eigenvalue weighted by Gasteiger charge is -2.30. The Morgan fingerprint density at radius 3 is 2.42 bits per heavy atom. The number of carbonyl (C=O) groups excluding carboxylic acids is 1. The lowest BCUT2D eigenvalue weighted by molar-refractivity contribution is -0.132. The molecule has 0 aromatic rings. The van der Waals surface area contributed by atoms with Crippen molar-refractivity contribution < 1.29 is 9.90 Å². The van der Waals surface area contributed by atoms with Gasteiger partial charge in [0.05, 0.1) is 12.1 Å². The van der Waals surface area contributed by atoms with Gasteiger partial charge in [-0.3, -0.25) is 4.79 Å². The molecule has 1 fully saturated rings. The molecular weight excluding hydrogens is 154 g/mol. The van der Waals surface area contributed by atoms with Gasteiger partial charge in [0.1, 0.15) is 0 Å². The Balaban J connectivity index is 2.70. The zero-order chi connectivity index (χ0) is 9.30. The molecular formula is C9H17NO2. The van der Waals surface area contributed by atoms with E-state index in [9.17, 15) is 9.90 Å². The highest BCUT2D eigenvalue weighted by Gasteiger charge is 2.35. The number of hydrogen-bond donors (Lipinski definition) is 1. The van der Waals surface area contributed by atoms with E-state index < -0.39 is 6.10 Å². The van der Waals surface area contributed by atoms with Crippen LogP contribution in [-0.4, -0.2) is 34.1 Å². The first-order chi connectivity index (χ1) is 5.54. The molecule has 0 saturated carbocycles. The van der Waals surface area contributed by atoms with Gasteiger partial charge in [-0.05, 0) is 27.2 Å². The minimum Gasteiger partial charge on any atom is -0.391 e. The molecule has 1 aliphatic rings. The van der Waals surface area contributed by atoms with Crippen molar-refractivity contribution >= 4 is 5.91 Å². The van der Waals surface area contributed by atoms with Crippen molar-refractivity contribution in [1.29, 1.82) is 0 Å². The summed E-state index contributed by atoms with van der Waals surface area (Å²) in [6, 6.07) is 0.247. The van der Waals surface area contributed by atoms with E-state index in [4.69, 9.17) is 0 Å². The largest absolute Gasteiger partial charge is 0.391 e. The first kappa shape index (κ1) is 9.52. The van der Waals surface area contributed by atoms with Crippen molar-refractivity contribution in [3.63, 3.8) is 0 Å². The van der Waals surface area contributed by atoms with Gasteiger partial charge in [0.2, 0.25) is 5.91 Å². The number of aliphatic hydroxyl groups is 1. The highest BCUT2D eigenvalue weighted by molar-refractivity contribution is 5.79. The zero-order valence-corrected chi connectivity index (χ0v) is 7.95. The molecule has 1 aliphatic heterocycles. The lowest BCUT2D eigenvalue weighted by Crippen LogP contribution is -2.43. The third-order valence-electron chi connectivity index (χ3n) is 2.41. The molecule has 12 heavy (non-hydrogen) atoms. The number of hydrogen-bond acceptors (Lipinski definition) is 2. The van der Waals surface area contributed by atoms with Crippen molar-refractivity contribution in [3.05, 3.63) is 0 Å². The molecule has 0 bridgehead atoms. The van der Waals surface area contributed by atoms with Gasteiger partial charge in [-0.1, -0.05) is 0 Å². The third kappa shape index (κ3) is 1.61. The Morgan fingerprint density at radius 2 is 2.08 bits per heavy atom. The Hall–Kier alpha value is -0.570. The summed E-state index contributed by atoms with van der Waals surface area (Å²) in [5.74, 6) is 0.177. The van der Waals surface area contributed by atoms with Crippen LogP contribution >= 0.6 is 0 Å². The molecule has 1 amide bonds. The van der Waals surface area contributed by atoms with Crippen LogP contribution in [0.5, 0.6) is 0 Å². The second kappa shape index (κ2) is 3.44.